The summed E-state index contributed by atoms with van der Waals surface area (Å²) in [7, 11) is -2.27. The maximum Gasteiger partial charge on any atom is 0.266 e. The smallest absolute Gasteiger partial charge is 0.263 e. The first-order valence-electron chi connectivity index (χ1n) is 4.96. The first-order valence-corrected chi connectivity index (χ1v) is 8.00. The zero-order valence-electron chi connectivity index (χ0n) is 9.56. The van der Waals surface area contributed by atoms with Crippen molar-refractivity contribution in [2.75, 3.05) is 4.72 Å². The van der Waals surface area contributed by atoms with E-state index in [-0.39, 0.29) is 14.9 Å². The molecule has 0 fully saturated rings. The molecule has 1 aromatic carbocycles. The lowest BCUT2D eigenvalue weighted by atomic mass is 10.4. The summed E-state index contributed by atoms with van der Waals surface area (Å²) in [6, 6.07) is 4.45. The number of halogens is 3. The number of aromatic nitrogens is 2. The van der Waals surface area contributed by atoms with Crippen LogP contribution in [0.4, 0.5) is 5.82 Å². The van der Waals surface area contributed by atoms with E-state index in [1.165, 1.54) is 29.1 Å². The molecule has 0 aliphatic rings. The second-order valence-electron chi connectivity index (χ2n) is 3.64. The van der Waals surface area contributed by atoms with Gasteiger partial charge in [0.1, 0.15) is 10.7 Å². The molecule has 0 spiro atoms. The third-order valence-electron chi connectivity index (χ3n) is 2.29. The summed E-state index contributed by atoms with van der Waals surface area (Å²) in [5.74, 6) is 0.315. The number of hydrogen-bond acceptors (Lipinski definition) is 3. The lowest BCUT2D eigenvalue weighted by Crippen LogP contribution is -2.16. The third-order valence-corrected chi connectivity index (χ3v) is 5.02. The summed E-state index contributed by atoms with van der Waals surface area (Å²) >= 11 is 15.1. The van der Waals surface area contributed by atoms with Crippen molar-refractivity contribution in [2.24, 2.45) is 7.05 Å². The standard InChI is InChI=1S/C10H8BrCl2N3O2S/c1-16-9(2-3-14-16)15-19(17,18)10-7(12)4-6(11)5-8(10)13/h2-5,15H,1H3. The van der Waals surface area contributed by atoms with E-state index in [1.54, 1.807) is 7.05 Å². The monoisotopic (exact) mass is 383 g/mol. The summed E-state index contributed by atoms with van der Waals surface area (Å²) in [5, 5.41) is 3.94. The van der Waals surface area contributed by atoms with Crippen molar-refractivity contribution in [3.63, 3.8) is 0 Å². The predicted octanol–water partition coefficient (Wildman–Crippen LogP) is 3.29. The van der Waals surface area contributed by atoms with Gasteiger partial charge in [-0.15, -0.1) is 0 Å². The molecular formula is C10H8BrCl2N3O2S. The average Bonchev–Trinajstić information content (AvgIpc) is 2.61. The van der Waals surface area contributed by atoms with Gasteiger partial charge in [0, 0.05) is 17.6 Å². The summed E-state index contributed by atoms with van der Waals surface area (Å²) in [4.78, 5) is -0.166. The molecule has 5 nitrogen and oxygen atoms in total. The topological polar surface area (TPSA) is 64.0 Å². The van der Waals surface area contributed by atoms with Crippen molar-refractivity contribution < 1.29 is 8.42 Å². The zero-order chi connectivity index (χ0) is 14.2. The van der Waals surface area contributed by atoms with Crippen LogP contribution in [0.5, 0.6) is 0 Å². The Labute approximate surface area is 128 Å². The largest absolute Gasteiger partial charge is 0.266 e. The van der Waals surface area contributed by atoms with Crippen molar-refractivity contribution in [1.29, 1.82) is 0 Å². The van der Waals surface area contributed by atoms with E-state index in [4.69, 9.17) is 23.2 Å². The van der Waals surface area contributed by atoms with Crippen LogP contribution in [0.2, 0.25) is 10.0 Å². The molecule has 0 radical (unpaired) electrons. The highest BCUT2D eigenvalue weighted by atomic mass is 79.9. The highest BCUT2D eigenvalue weighted by Crippen LogP contribution is 2.33. The van der Waals surface area contributed by atoms with Crippen LogP contribution in [0.3, 0.4) is 0 Å². The molecule has 102 valence electrons. The van der Waals surface area contributed by atoms with Crippen LogP contribution in [0.25, 0.3) is 0 Å². The fourth-order valence-electron chi connectivity index (χ4n) is 1.45. The van der Waals surface area contributed by atoms with Crippen LogP contribution >= 0.6 is 39.1 Å². The van der Waals surface area contributed by atoms with E-state index in [9.17, 15) is 8.42 Å². The molecular weight excluding hydrogens is 377 g/mol. The van der Waals surface area contributed by atoms with Crippen molar-refractivity contribution in [3.05, 3.63) is 38.9 Å². The molecule has 0 saturated carbocycles. The fraction of sp³-hybridized carbons (Fsp3) is 0.100. The van der Waals surface area contributed by atoms with E-state index in [0.29, 0.717) is 10.3 Å². The number of sulfonamides is 1. The van der Waals surface area contributed by atoms with Crippen molar-refractivity contribution in [3.8, 4) is 0 Å². The Kier molecular flexibility index (Phi) is 4.10. The normalized spacial score (nSPS) is 11.6. The van der Waals surface area contributed by atoms with Crippen LogP contribution in [0, 0.1) is 0 Å². The van der Waals surface area contributed by atoms with Gasteiger partial charge >= 0.3 is 0 Å². The Balaban J connectivity index is 2.49. The molecule has 2 rings (SSSR count). The maximum atomic E-state index is 12.3. The van der Waals surface area contributed by atoms with Gasteiger partial charge in [-0.1, -0.05) is 39.1 Å². The molecule has 0 aliphatic heterocycles. The van der Waals surface area contributed by atoms with Crippen LogP contribution in [0.15, 0.2) is 33.8 Å². The number of hydrogen-bond donors (Lipinski definition) is 1. The molecule has 0 bridgehead atoms. The fourth-order valence-corrected chi connectivity index (χ4v) is 4.48. The Hall–Kier alpha value is -0.760. The van der Waals surface area contributed by atoms with Crippen molar-refractivity contribution >= 4 is 55.0 Å². The third kappa shape index (κ3) is 3.05. The minimum Gasteiger partial charge on any atom is -0.263 e. The number of benzene rings is 1. The van der Waals surface area contributed by atoms with E-state index in [0.717, 1.165) is 0 Å². The first-order chi connectivity index (χ1) is 8.81. The second kappa shape index (κ2) is 5.32. The summed E-state index contributed by atoms with van der Waals surface area (Å²) < 4.78 is 28.9. The van der Waals surface area contributed by atoms with E-state index >= 15 is 0 Å². The SMILES string of the molecule is Cn1nccc1NS(=O)(=O)c1c(Cl)cc(Br)cc1Cl. The van der Waals surface area contributed by atoms with Gasteiger partial charge in [-0.2, -0.15) is 5.10 Å². The molecule has 2 aromatic rings. The van der Waals surface area contributed by atoms with E-state index in [2.05, 4.69) is 25.8 Å². The molecule has 0 atom stereocenters. The highest BCUT2D eigenvalue weighted by molar-refractivity contribution is 9.10. The molecule has 0 amide bonds. The minimum atomic E-state index is -3.88. The molecule has 0 saturated heterocycles. The van der Waals surface area contributed by atoms with Crippen LogP contribution in [0.1, 0.15) is 0 Å². The van der Waals surface area contributed by atoms with Gasteiger partial charge in [-0.25, -0.2) is 8.42 Å². The summed E-state index contributed by atoms with van der Waals surface area (Å²) in [6.45, 7) is 0. The Morgan fingerprint density at radius 2 is 1.89 bits per heavy atom. The number of anilines is 1. The Morgan fingerprint density at radius 3 is 2.37 bits per heavy atom. The quantitative estimate of drug-likeness (QED) is 0.882. The Bertz CT molecular complexity index is 707. The lowest BCUT2D eigenvalue weighted by Gasteiger charge is -2.11. The van der Waals surface area contributed by atoms with Gasteiger partial charge in [0.05, 0.1) is 16.2 Å². The number of rotatable bonds is 3. The van der Waals surface area contributed by atoms with Gasteiger partial charge < -0.3 is 0 Å². The highest BCUT2D eigenvalue weighted by Gasteiger charge is 2.23. The Morgan fingerprint density at radius 1 is 1.32 bits per heavy atom. The summed E-state index contributed by atoms with van der Waals surface area (Å²) in [5.41, 5.74) is 0. The van der Waals surface area contributed by atoms with Gasteiger partial charge in [0.25, 0.3) is 10.0 Å². The number of nitrogens with zero attached hydrogens (tertiary/aromatic N) is 2. The minimum absolute atomic E-state index is 0.0362. The lowest BCUT2D eigenvalue weighted by molar-refractivity contribution is 0.600. The predicted molar refractivity (Wildman–Crippen MR) is 78.2 cm³/mol. The van der Waals surface area contributed by atoms with Crippen LogP contribution < -0.4 is 4.72 Å². The van der Waals surface area contributed by atoms with E-state index < -0.39 is 10.0 Å². The zero-order valence-corrected chi connectivity index (χ0v) is 13.5. The van der Waals surface area contributed by atoms with Crippen LogP contribution in [-0.2, 0) is 17.1 Å². The number of nitrogens with one attached hydrogen (secondary N) is 1. The van der Waals surface area contributed by atoms with Crippen LogP contribution in [-0.4, -0.2) is 18.2 Å². The molecule has 1 N–H and O–H groups in total. The average molecular weight is 385 g/mol. The molecule has 0 unspecified atom stereocenters. The molecule has 0 aliphatic carbocycles. The number of aryl methyl sites for hydroxylation is 1. The molecule has 9 heteroatoms. The molecule has 19 heavy (non-hydrogen) atoms. The van der Waals surface area contributed by atoms with Crippen molar-refractivity contribution in [2.45, 2.75) is 4.90 Å². The second-order valence-corrected chi connectivity index (χ2v) is 6.99. The van der Waals surface area contributed by atoms with Crippen molar-refractivity contribution in [1.82, 2.24) is 9.78 Å². The van der Waals surface area contributed by atoms with Gasteiger partial charge in [0.15, 0.2) is 0 Å². The first kappa shape index (κ1) is 14.6. The molecule has 1 heterocycles. The summed E-state index contributed by atoms with van der Waals surface area (Å²) in [6.07, 6.45) is 1.47. The van der Waals surface area contributed by atoms with Gasteiger partial charge in [-0.05, 0) is 12.1 Å². The van der Waals surface area contributed by atoms with Gasteiger partial charge in [-0.3, -0.25) is 9.40 Å². The van der Waals surface area contributed by atoms with E-state index in [1.807, 2.05) is 0 Å². The van der Waals surface area contributed by atoms with Gasteiger partial charge in [0.2, 0.25) is 0 Å². The maximum absolute atomic E-state index is 12.3. The molecule has 1 aromatic heterocycles.